The number of hydrogen-bond acceptors (Lipinski definition) is 2. The maximum Gasteiger partial charge on any atom is 0.324 e. The van der Waals surface area contributed by atoms with Gasteiger partial charge in [0, 0.05) is 6.54 Å². The van der Waals surface area contributed by atoms with Gasteiger partial charge >= 0.3 is 6.03 Å². The number of nitrogens with one attached hydrogen (secondary N) is 1. The van der Waals surface area contributed by atoms with Gasteiger partial charge in [0.15, 0.2) is 0 Å². The smallest absolute Gasteiger partial charge is 0.324 e. The molecular weight excluding hydrogens is 144 g/mol. The summed E-state index contributed by atoms with van der Waals surface area (Å²) in [6.45, 7) is 4.12. The molecule has 1 aliphatic rings. The monoisotopic (exact) mass is 156 g/mol. The van der Waals surface area contributed by atoms with E-state index in [9.17, 15) is 9.59 Å². The van der Waals surface area contributed by atoms with Crippen LogP contribution in [0.4, 0.5) is 4.79 Å². The lowest BCUT2D eigenvalue weighted by Crippen LogP contribution is -2.30. The molecule has 1 fully saturated rings. The Labute approximate surface area is 65.6 Å². The molecule has 4 heteroatoms. The summed E-state index contributed by atoms with van der Waals surface area (Å²) in [6.07, 6.45) is 0.668. The molecule has 1 rings (SSSR count). The summed E-state index contributed by atoms with van der Waals surface area (Å²) in [5, 5.41) is 2.59. The molecular formula is C7H12N2O2. The number of rotatable bonds is 2. The lowest BCUT2D eigenvalue weighted by Gasteiger charge is -2.07. The lowest BCUT2D eigenvalue weighted by atomic mass is 10.2. The van der Waals surface area contributed by atoms with Crippen LogP contribution in [0.25, 0.3) is 0 Å². The van der Waals surface area contributed by atoms with E-state index < -0.39 is 0 Å². The molecule has 0 spiro atoms. The second-order valence-electron chi connectivity index (χ2n) is 2.49. The Balaban J connectivity index is 2.71. The first-order chi connectivity index (χ1) is 5.20. The number of likely N-dealkylation sites (N-methyl/N-ethyl adjacent to an activating group) is 1. The van der Waals surface area contributed by atoms with Crippen molar-refractivity contribution in [2.75, 3.05) is 6.54 Å². The molecule has 3 amide bonds. The topological polar surface area (TPSA) is 49.4 Å². The van der Waals surface area contributed by atoms with Crippen molar-refractivity contribution < 1.29 is 9.59 Å². The highest BCUT2D eigenvalue weighted by Gasteiger charge is 2.35. The van der Waals surface area contributed by atoms with E-state index in [0.29, 0.717) is 13.0 Å². The molecule has 0 aliphatic carbocycles. The molecule has 0 aromatic rings. The van der Waals surface area contributed by atoms with Gasteiger partial charge in [0.1, 0.15) is 6.04 Å². The van der Waals surface area contributed by atoms with E-state index in [0.717, 1.165) is 0 Å². The second-order valence-corrected chi connectivity index (χ2v) is 2.49. The molecule has 0 radical (unpaired) electrons. The van der Waals surface area contributed by atoms with Gasteiger partial charge in [-0.1, -0.05) is 6.92 Å². The van der Waals surface area contributed by atoms with Gasteiger partial charge in [0.05, 0.1) is 0 Å². The van der Waals surface area contributed by atoms with Gasteiger partial charge in [-0.2, -0.15) is 0 Å². The summed E-state index contributed by atoms with van der Waals surface area (Å²) in [4.78, 5) is 23.4. The third kappa shape index (κ3) is 1.20. The molecule has 0 bridgehead atoms. The molecule has 0 aromatic carbocycles. The molecule has 1 heterocycles. The predicted molar refractivity (Wildman–Crippen MR) is 40.0 cm³/mol. The van der Waals surface area contributed by atoms with Crippen LogP contribution in [-0.4, -0.2) is 29.4 Å². The molecule has 0 saturated carbocycles. The zero-order chi connectivity index (χ0) is 8.43. The fourth-order valence-electron chi connectivity index (χ4n) is 1.15. The lowest BCUT2D eigenvalue weighted by molar-refractivity contribution is -0.127. The van der Waals surface area contributed by atoms with E-state index in [1.54, 1.807) is 6.92 Å². The molecule has 1 unspecified atom stereocenters. The van der Waals surface area contributed by atoms with Crippen LogP contribution in [-0.2, 0) is 4.79 Å². The van der Waals surface area contributed by atoms with E-state index in [1.807, 2.05) is 6.92 Å². The van der Waals surface area contributed by atoms with Gasteiger partial charge in [-0.05, 0) is 13.3 Å². The summed E-state index contributed by atoms with van der Waals surface area (Å²) in [5.41, 5.74) is 0. The van der Waals surface area contributed by atoms with Crippen molar-refractivity contribution in [3.63, 3.8) is 0 Å². The number of carbonyl (C=O) groups is 2. The first-order valence-corrected chi connectivity index (χ1v) is 3.82. The Morgan fingerprint density at radius 3 is 2.36 bits per heavy atom. The summed E-state index contributed by atoms with van der Waals surface area (Å²) >= 11 is 0. The zero-order valence-corrected chi connectivity index (χ0v) is 6.76. The molecule has 1 aliphatic heterocycles. The predicted octanol–water partition coefficient (Wildman–Crippen LogP) is 0.337. The van der Waals surface area contributed by atoms with E-state index >= 15 is 0 Å². The largest absolute Gasteiger partial charge is 0.326 e. The molecule has 1 N–H and O–H groups in total. The van der Waals surface area contributed by atoms with Crippen molar-refractivity contribution in [1.29, 1.82) is 0 Å². The van der Waals surface area contributed by atoms with Crippen LogP contribution >= 0.6 is 0 Å². The summed E-state index contributed by atoms with van der Waals surface area (Å²) < 4.78 is 0. The first-order valence-electron chi connectivity index (χ1n) is 3.82. The Bertz CT molecular complexity index is 191. The number of carbonyl (C=O) groups excluding carboxylic acids is 2. The standard InChI is InChI=1S/C7H12N2O2/c1-3-5-6(10)9(4-2)7(11)8-5/h5H,3-4H2,1-2H3,(H,8,11). The van der Waals surface area contributed by atoms with E-state index in [2.05, 4.69) is 5.32 Å². The summed E-state index contributed by atoms with van der Waals surface area (Å²) in [6, 6.07) is -0.549. The third-order valence-corrected chi connectivity index (χ3v) is 1.83. The summed E-state index contributed by atoms with van der Waals surface area (Å²) in [7, 11) is 0. The third-order valence-electron chi connectivity index (χ3n) is 1.83. The fourth-order valence-corrected chi connectivity index (χ4v) is 1.15. The SMILES string of the molecule is CCC1NC(=O)N(CC)C1=O. The van der Waals surface area contributed by atoms with Crippen LogP contribution < -0.4 is 5.32 Å². The van der Waals surface area contributed by atoms with E-state index in [-0.39, 0.29) is 18.0 Å². The maximum atomic E-state index is 11.2. The molecule has 1 atom stereocenters. The van der Waals surface area contributed by atoms with Crippen molar-refractivity contribution in [1.82, 2.24) is 10.2 Å². The van der Waals surface area contributed by atoms with E-state index in [1.165, 1.54) is 4.90 Å². The van der Waals surface area contributed by atoms with Crippen molar-refractivity contribution in [3.05, 3.63) is 0 Å². The van der Waals surface area contributed by atoms with Crippen LogP contribution in [0.5, 0.6) is 0 Å². The van der Waals surface area contributed by atoms with Crippen LogP contribution in [0.2, 0.25) is 0 Å². The number of imide groups is 1. The van der Waals surface area contributed by atoms with Gasteiger partial charge < -0.3 is 5.32 Å². The van der Waals surface area contributed by atoms with Gasteiger partial charge in [-0.25, -0.2) is 4.79 Å². The quantitative estimate of drug-likeness (QED) is 0.586. The van der Waals surface area contributed by atoms with Gasteiger partial charge in [0.2, 0.25) is 0 Å². The Hall–Kier alpha value is -1.06. The highest BCUT2D eigenvalue weighted by Crippen LogP contribution is 2.07. The summed E-state index contributed by atoms with van der Waals surface area (Å²) in [5.74, 6) is -0.0972. The molecule has 62 valence electrons. The zero-order valence-electron chi connectivity index (χ0n) is 6.76. The Kier molecular flexibility index (Phi) is 2.12. The minimum absolute atomic E-state index is 0.0972. The first kappa shape index (κ1) is 8.04. The molecule has 0 aromatic heterocycles. The minimum atomic E-state index is -0.289. The van der Waals surface area contributed by atoms with Gasteiger partial charge in [-0.15, -0.1) is 0 Å². The van der Waals surface area contributed by atoms with E-state index in [4.69, 9.17) is 0 Å². The van der Waals surface area contributed by atoms with Crippen molar-refractivity contribution in [2.24, 2.45) is 0 Å². The van der Waals surface area contributed by atoms with Crippen LogP contribution in [0, 0.1) is 0 Å². The average Bonchev–Trinajstić information content (AvgIpc) is 2.26. The Morgan fingerprint density at radius 2 is 2.09 bits per heavy atom. The highest BCUT2D eigenvalue weighted by atomic mass is 16.2. The van der Waals surface area contributed by atoms with Crippen LogP contribution in [0.3, 0.4) is 0 Å². The van der Waals surface area contributed by atoms with Crippen LogP contribution in [0.15, 0.2) is 0 Å². The normalized spacial score (nSPS) is 24.2. The molecule has 1 saturated heterocycles. The second kappa shape index (κ2) is 2.90. The Morgan fingerprint density at radius 1 is 1.45 bits per heavy atom. The maximum absolute atomic E-state index is 11.2. The number of hydrogen-bond donors (Lipinski definition) is 1. The number of amides is 3. The van der Waals surface area contributed by atoms with Crippen molar-refractivity contribution in [2.45, 2.75) is 26.3 Å². The number of nitrogens with zero attached hydrogens (tertiary/aromatic N) is 1. The molecule has 11 heavy (non-hydrogen) atoms. The van der Waals surface area contributed by atoms with Crippen molar-refractivity contribution in [3.8, 4) is 0 Å². The van der Waals surface area contributed by atoms with Crippen LogP contribution in [0.1, 0.15) is 20.3 Å². The van der Waals surface area contributed by atoms with Gasteiger partial charge in [0.25, 0.3) is 5.91 Å². The van der Waals surface area contributed by atoms with Gasteiger partial charge in [-0.3, -0.25) is 9.69 Å². The minimum Gasteiger partial charge on any atom is -0.326 e. The molecule has 4 nitrogen and oxygen atoms in total. The highest BCUT2D eigenvalue weighted by molar-refractivity contribution is 6.04. The number of urea groups is 1. The average molecular weight is 156 g/mol. The fraction of sp³-hybridized carbons (Fsp3) is 0.714. The van der Waals surface area contributed by atoms with Crippen molar-refractivity contribution >= 4 is 11.9 Å².